The van der Waals surface area contributed by atoms with Gasteiger partial charge in [0, 0.05) is 5.39 Å². The Morgan fingerprint density at radius 1 is 1.00 bits per heavy atom. The number of amides is 1. The summed E-state index contributed by atoms with van der Waals surface area (Å²) in [7, 11) is -4.20. The van der Waals surface area contributed by atoms with Gasteiger partial charge in [-0.15, -0.1) is 9.89 Å². The monoisotopic (exact) mass is 462 g/mol. The summed E-state index contributed by atoms with van der Waals surface area (Å²) < 4.78 is 39.7. The van der Waals surface area contributed by atoms with Crippen LogP contribution < -0.4 is 11.0 Å². The number of carbonyl (C=O) groups is 1. The number of hydrogen-bond donors (Lipinski definition) is 1. The molecular formula is C23H15FN4O4S. The van der Waals surface area contributed by atoms with Gasteiger partial charge in [-0.1, -0.05) is 30.3 Å². The van der Waals surface area contributed by atoms with Crippen LogP contribution in [0, 0.1) is 17.1 Å². The van der Waals surface area contributed by atoms with E-state index < -0.39 is 32.1 Å². The minimum Gasteiger partial charge on any atom is -0.273 e. The molecule has 1 heterocycles. The maximum atomic E-state index is 13.3. The predicted octanol–water partition coefficient (Wildman–Crippen LogP) is 2.55. The van der Waals surface area contributed by atoms with E-state index in [1.807, 2.05) is 6.07 Å². The molecule has 0 aliphatic rings. The van der Waals surface area contributed by atoms with Gasteiger partial charge in [-0.05, 0) is 48.0 Å². The van der Waals surface area contributed by atoms with E-state index in [0.717, 1.165) is 0 Å². The van der Waals surface area contributed by atoms with E-state index in [4.69, 9.17) is 5.26 Å². The number of benzene rings is 3. The van der Waals surface area contributed by atoms with Crippen LogP contribution in [-0.2, 0) is 21.1 Å². The highest BCUT2D eigenvalue weighted by Gasteiger charge is 2.25. The van der Waals surface area contributed by atoms with Gasteiger partial charge in [0.15, 0.2) is 5.03 Å². The summed E-state index contributed by atoms with van der Waals surface area (Å²) in [5.41, 5.74) is 2.37. The molecule has 0 radical (unpaired) electrons. The average Bonchev–Trinajstić information content (AvgIpc) is 2.82. The molecule has 0 aliphatic heterocycles. The highest BCUT2D eigenvalue weighted by Crippen LogP contribution is 2.25. The smallest absolute Gasteiger partial charge is 0.273 e. The fraction of sp³-hybridized carbons (Fsp3) is 0.0435. The SMILES string of the molecule is N#Cc1ccc(S(=O)(=O)c2nn(NC(=O)Cc3ccc(F)cc3)c(=O)c3ccccc23)cc1. The zero-order chi connectivity index (χ0) is 23.6. The van der Waals surface area contributed by atoms with Crippen molar-refractivity contribution in [1.29, 1.82) is 5.26 Å². The van der Waals surface area contributed by atoms with E-state index >= 15 is 0 Å². The minimum atomic E-state index is -4.20. The second-order valence-electron chi connectivity index (χ2n) is 7.05. The lowest BCUT2D eigenvalue weighted by Gasteiger charge is -2.12. The molecule has 1 amide bonds. The molecule has 0 bridgehead atoms. The molecule has 1 N–H and O–H groups in total. The Morgan fingerprint density at radius 2 is 1.64 bits per heavy atom. The number of aromatic nitrogens is 2. The number of sulfone groups is 1. The van der Waals surface area contributed by atoms with E-state index in [1.165, 1.54) is 60.7 Å². The van der Waals surface area contributed by atoms with E-state index in [-0.39, 0.29) is 27.7 Å². The average molecular weight is 462 g/mol. The lowest BCUT2D eigenvalue weighted by atomic mass is 10.1. The van der Waals surface area contributed by atoms with Crippen LogP contribution in [0.15, 0.2) is 87.5 Å². The van der Waals surface area contributed by atoms with E-state index in [1.54, 1.807) is 12.1 Å². The number of carbonyl (C=O) groups excluding carboxylic acids is 1. The molecular weight excluding hydrogens is 447 g/mol. The number of nitrogens with one attached hydrogen (secondary N) is 1. The fourth-order valence-corrected chi connectivity index (χ4v) is 4.57. The van der Waals surface area contributed by atoms with Crippen LogP contribution >= 0.6 is 0 Å². The third-order valence-corrected chi connectivity index (χ3v) is 6.53. The standard InChI is InChI=1S/C23H15FN4O4S/c24-17-9-5-15(6-10-17)13-21(29)26-28-23(30)20-4-2-1-3-19(20)22(27-28)33(31,32)18-11-7-16(14-25)8-12-18/h1-12H,13H2,(H,26,29). The van der Waals surface area contributed by atoms with Gasteiger partial charge >= 0.3 is 0 Å². The Bertz CT molecular complexity index is 1570. The number of hydrogen-bond acceptors (Lipinski definition) is 6. The lowest BCUT2D eigenvalue weighted by Crippen LogP contribution is -2.37. The van der Waals surface area contributed by atoms with Gasteiger partial charge in [-0.25, -0.2) is 18.2 Å². The summed E-state index contributed by atoms with van der Waals surface area (Å²) in [6.45, 7) is 0. The molecule has 0 saturated heterocycles. The second-order valence-corrected chi connectivity index (χ2v) is 8.91. The number of rotatable bonds is 5. The summed E-state index contributed by atoms with van der Waals surface area (Å²) >= 11 is 0. The van der Waals surface area contributed by atoms with Crippen LogP contribution in [0.2, 0.25) is 0 Å². The zero-order valence-electron chi connectivity index (χ0n) is 16.9. The van der Waals surface area contributed by atoms with Crippen LogP contribution in [0.4, 0.5) is 4.39 Å². The third kappa shape index (κ3) is 4.35. The van der Waals surface area contributed by atoms with Gasteiger partial charge in [0.05, 0.1) is 28.3 Å². The van der Waals surface area contributed by atoms with Crippen molar-refractivity contribution in [2.75, 3.05) is 5.43 Å². The van der Waals surface area contributed by atoms with Crippen LogP contribution in [-0.4, -0.2) is 24.2 Å². The first-order valence-electron chi connectivity index (χ1n) is 9.61. The van der Waals surface area contributed by atoms with Crippen molar-refractivity contribution in [3.8, 4) is 6.07 Å². The van der Waals surface area contributed by atoms with E-state index in [0.29, 0.717) is 10.4 Å². The van der Waals surface area contributed by atoms with Crippen molar-refractivity contribution in [3.05, 3.63) is 100 Å². The van der Waals surface area contributed by atoms with Crippen molar-refractivity contribution in [1.82, 2.24) is 9.89 Å². The summed E-state index contributed by atoms with van der Waals surface area (Å²) in [4.78, 5) is 25.8. The molecule has 0 spiro atoms. The Kier molecular flexibility index (Phi) is 5.72. The molecule has 33 heavy (non-hydrogen) atoms. The first-order chi connectivity index (χ1) is 15.8. The molecule has 0 fully saturated rings. The van der Waals surface area contributed by atoms with Gasteiger partial charge in [0.2, 0.25) is 15.7 Å². The van der Waals surface area contributed by atoms with E-state index in [9.17, 15) is 22.4 Å². The second kappa shape index (κ2) is 8.64. The molecule has 0 aliphatic carbocycles. The first-order valence-corrected chi connectivity index (χ1v) is 11.1. The number of nitrogens with zero attached hydrogens (tertiary/aromatic N) is 3. The predicted molar refractivity (Wildman–Crippen MR) is 117 cm³/mol. The van der Waals surface area contributed by atoms with Crippen molar-refractivity contribution < 1.29 is 17.6 Å². The molecule has 3 aromatic carbocycles. The van der Waals surface area contributed by atoms with Gasteiger partial charge in [0.25, 0.3) is 5.56 Å². The summed E-state index contributed by atoms with van der Waals surface area (Å²) in [5.74, 6) is -1.10. The maximum absolute atomic E-state index is 13.3. The normalized spacial score (nSPS) is 11.2. The molecule has 4 rings (SSSR count). The molecule has 0 saturated carbocycles. The lowest BCUT2D eigenvalue weighted by molar-refractivity contribution is -0.116. The van der Waals surface area contributed by atoms with Crippen LogP contribution in [0.25, 0.3) is 10.8 Å². The molecule has 10 heteroatoms. The van der Waals surface area contributed by atoms with Crippen molar-refractivity contribution in [2.24, 2.45) is 0 Å². The van der Waals surface area contributed by atoms with E-state index in [2.05, 4.69) is 10.5 Å². The van der Waals surface area contributed by atoms with Gasteiger partial charge in [-0.2, -0.15) is 5.26 Å². The van der Waals surface area contributed by atoms with Gasteiger partial charge in [0.1, 0.15) is 5.82 Å². The largest absolute Gasteiger partial charge is 0.294 e. The topological polar surface area (TPSA) is 122 Å². The Hall–Kier alpha value is -4.36. The van der Waals surface area contributed by atoms with Crippen LogP contribution in [0.3, 0.4) is 0 Å². The van der Waals surface area contributed by atoms with Gasteiger partial charge in [-0.3, -0.25) is 9.59 Å². The highest BCUT2D eigenvalue weighted by molar-refractivity contribution is 7.91. The fourth-order valence-electron chi connectivity index (χ4n) is 3.20. The maximum Gasteiger partial charge on any atom is 0.294 e. The van der Waals surface area contributed by atoms with Crippen molar-refractivity contribution in [3.63, 3.8) is 0 Å². The quantitative estimate of drug-likeness (QED) is 0.486. The molecule has 1 aromatic heterocycles. The number of nitriles is 1. The Morgan fingerprint density at radius 3 is 2.27 bits per heavy atom. The summed E-state index contributed by atoms with van der Waals surface area (Å²) in [6.07, 6.45) is -0.182. The molecule has 0 unspecified atom stereocenters. The first kappa shape index (κ1) is 21.9. The zero-order valence-corrected chi connectivity index (χ0v) is 17.7. The molecule has 8 nitrogen and oxygen atoms in total. The highest BCUT2D eigenvalue weighted by atomic mass is 32.2. The number of fused-ring (bicyclic) bond motifs is 1. The van der Waals surface area contributed by atoms with Crippen molar-refractivity contribution in [2.45, 2.75) is 16.3 Å². The van der Waals surface area contributed by atoms with Crippen LogP contribution in [0.5, 0.6) is 0 Å². The Labute approximate surface area is 187 Å². The number of halogens is 1. The molecule has 4 aromatic rings. The minimum absolute atomic E-state index is 0.0433. The van der Waals surface area contributed by atoms with Crippen LogP contribution in [0.1, 0.15) is 11.1 Å². The molecule has 164 valence electrons. The summed E-state index contributed by atoms with van der Waals surface area (Å²) in [6, 6.07) is 18.4. The Balaban J connectivity index is 1.78. The molecule has 0 atom stereocenters. The third-order valence-electron chi connectivity index (χ3n) is 4.83. The van der Waals surface area contributed by atoms with Crippen molar-refractivity contribution >= 4 is 26.5 Å². The van der Waals surface area contributed by atoms with Gasteiger partial charge < -0.3 is 0 Å². The summed E-state index contributed by atoms with van der Waals surface area (Å²) in [5, 5.41) is 12.6.